The SMILES string of the molecule is Cc1cc(CNC(=O)c2cc(C(=O)N[C@H]3CCc4cc(-n5nnn(C)c5=O)sc43)ncn2)ccc1F. The number of nitrogens with zero attached hydrogens (tertiary/aromatic N) is 6. The van der Waals surface area contributed by atoms with E-state index in [1.807, 2.05) is 6.07 Å². The van der Waals surface area contributed by atoms with Crippen LogP contribution in [0.25, 0.3) is 5.00 Å². The number of fused-ring (bicyclic) bond motifs is 1. The number of halogens is 1. The second-order valence-electron chi connectivity index (χ2n) is 8.39. The van der Waals surface area contributed by atoms with Gasteiger partial charge >= 0.3 is 5.69 Å². The molecule has 1 atom stereocenters. The summed E-state index contributed by atoms with van der Waals surface area (Å²) in [5.41, 5.74) is 2.02. The third-order valence-corrected chi connectivity index (χ3v) is 7.16. The highest BCUT2D eigenvalue weighted by Gasteiger charge is 2.29. The van der Waals surface area contributed by atoms with Crippen LogP contribution in [0.3, 0.4) is 0 Å². The van der Waals surface area contributed by atoms with E-state index in [0.29, 0.717) is 17.0 Å². The number of carbonyl (C=O) groups is 2. The van der Waals surface area contributed by atoms with E-state index in [2.05, 4.69) is 31.0 Å². The molecule has 0 unspecified atom stereocenters. The molecule has 0 aliphatic heterocycles. The second kappa shape index (κ2) is 9.41. The number of nitrogens with one attached hydrogen (secondary N) is 2. The van der Waals surface area contributed by atoms with Crippen LogP contribution < -0.4 is 16.3 Å². The maximum absolute atomic E-state index is 13.4. The molecule has 1 aliphatic rings. The van der Waals surface area contributed by atoms with E-state index in [4.69, 9.17) is 0 Å². The molecule has 5 rings (SSSR count). The van der Waals surface area contributed by atoms with Crippen molar-refractivity contribution >= 4 is 23.2 Å². The average molecular weight is 509 g/mol. The molecule has 3 aromatic heterocycles. The summed E-state index contributed by atoms with van der Waals surface area (Å²) in [6.45, 7) is 1.84. The maximum atomic E-state index is 13.4. The fourth-order valence-electron chi connectivity index (χ4n) is 3.97. The number of tetrazole rings is 1. The van der Waals surface area contributed by atoms with E-state index in [1.165, 1.54) is 35.2 Å². The first-order valence-corrected chi connectivity index (χ1v) is 11.9. The van der Waals surface area contributed by atoms with Crippen molar-refractivity contribution in [2.45, 2.75) is 32.4 Å². The number of thiophene rings is 1. The quantitative estimate of drug-likeness (QED) is 0.404. The van der Waals surface area contributed by atoms with Gasteiger partial charge in [-0.05, 0) is 59.0 Å². The maximum Gasteiger partial charge on any atom is 0.368 e. The Bertz CT molecular complexity index is 1540. The summed E-state index contributed by atoms with van der Waals surface area (Å²) in [5.74, 6) is -1.23. The minimum absolute atomic E-state index is 0.0431. The van der Waals surface area contributed by atoms with E-state index in [-0.39, 0.29) is 35.5 Å². The van der Waals surface area contributed by atoms with Crippen LogP contribution in [0.15, 0.2) is 41.5 Å². The van der Waals surface area contributed by atoms with Crippen LogP contribution in [-0.2, 0) is 20.0 Å². The van der Waals surface area contributed by atoms with Crippen molar-refractivity contribution in [3.05, 3.63) is 85.9 Å². The molecule has 0 bridgehead atoms. The molecule has 3 heterocycles. The van der Waals surface area contributed by atoms with Crippen molar-refractivity contribution in [2.75, 3.05) is 0 Å². The number of hydrogen-bond acceptors (Lipinski definition) is 8. The zero-order chi connectivity index (χ0) is 25.4. The zero-order valence-electron chi connectivity index (χ0n) is 19.4. The van der Waals surface area contributed by atoms with Gasteiger partial charge in [-0.25, -0.2) is 19.2 Å². The predicted octanol–water partition coefficient (Wildman–Crippen LogP) is 1.61. The van der Waals surface area contributed by atoms with E-state index in [0.717, 1.165) is 33.4 Å². The van der Waals surface area contributed by atoms with Crippen LogP contribution in [0.5, 0.6) is 0 Å². The van der Waals surface area contributed by atoms with E-state index >= 15 is 0 Å². The van der Waals surface area contributed by atoms with Gasteiger partial charge in [0.1, 0.15) is 28.5 Å². The highest BCUT2D eigenvalue weighted by atomic mass is 32.1. The number of amides is 2. The number of benzene rings is 1. The summed E-state index contributed by atoms with van der Waals surface area (Å²) in [5, 5.41) is 13.9. The largest absolute Gasteiger partial charge is 0.368 e. The van der Waals surface area contributed by atoms with Gasteiger partial charge < -0.3 is 10.6 Å². The lowest BCUT2D eigenvalue weighted by molar-refractivity contribution is 0.0932. The Morgan fingerprint density at radius 1 is 1.14 bits per heavy atom. The van der Waals surface area contributed by atoms with Crippen molar-refractivity contribution in [3.63, 3.8) is 0 Å². The Morgan fingerprint density at radius 3 is 2.64 bits per heavy atom. The van der Waals surface area contributed by atoms with Gasteiger partial charge in [0, 0.05) is 24.5 Å². The highest BCUT2D eigenvalue weighted by molar-refractivity contribution is 7.14. The van der Waals surface area contributed by atoms with Crippen LogP contribution in [0, 0.1) is 12.7 Å². The molecule has 13 heteroatoms. The molecule has 0 spiro atoms. The molecule has 1 aliphatic carbocycles. The highest BCUT2D eigenvalue weighted by Crippen LogP contribution is 2.38. The number of carbonyl (C=O) groups excluding carboxylic acids is 2. The number of aryl methyl sites for hydroxylation is 3. The van der Waals surface area contributed by atoms with Gasteiger partial charge in [-0.1, -0.05) is 12.1 Å². The van der Waals surface area contributed by atoms with Crippen LogP contribution in [-0.4, -0.2) is 41.6 Å². The molecular formula is C23H21FN8O3S. The molecule has 36 heavy (non-hydrogen) atoms. The molecule has 184 valence electrons. The van der Waals surface area contributed by atoms with Gasteiger partial charge in [0.05, 0.1) is 6.04 Å². The van der Waals surface area contributed by atoms with Gasteiger partial charge in [0.2, 0.25) is 0 Å². The standard InChI is InChI=1S/C23H21FN8O3S/c1-12-7-13(3-5-15(12)24)10-25-21(33)17-9-18(27-11-26-17)22(34)28-16-6-4-14-8-19(36-20(14)16)32-23(35)31(2)29-30-32/h3,5,7-9,11,16H,4,6,10H2,1-2H3,(H,25,33)(H,28,34)/t16-/m0/s1. The third kappa shape index (κ3) is 4.52. The van der Waals surface area contributed by atoms with Crippen LogP contribution in [0.2, 0.25) is 0 Å². The Kier molecular flexibility index (Phi) is 6.14. The van der Waals surface area contributed by atoms with Crippen LogP contribution in [0.1, 0.15) is 55.0 Å². The van der Waals surface area contributed by atoms with E-state index < -0.39 is 11.8 Å². The smallest absolute Gasteiger partial charge is 0.347 e. The second-order valence-corrected chi connectivity index (χ2v) is 9.45. The molecule has 1 aromatic carbocycles. The van der Waals surface area contributed by atoms with Crippen molar-refractivity contribution in [2.24, 2.45) is 7.05 Å². The fraction of sp³-hybridized carbons (Fsp3) is 0.261. The van der Waals surface area contributed by atoms with Gasteiger partial charge in [0.15, 0.2) is 0 Å². The van der Waals surface area contributed by atoms with Crippen molar-refractivity contribution in [1.29, 1.82) is 0 Å². The third-order valence-electron chi connectivity index (χ3n) is 5.89. The predicted molar refractivity (Wildman–Crippen MR) is 127 cm³/mol. The Labute approximate surface area is 208 Å². The van der Waals surface area contributed by atoms with E-state index in [9.17, 15) is 18.8 Å². The molecule has 4 aromatic rings. The lowest BCUT2D eigenvalue weighted by Gasteiger charge is -2.12. The molecule has 2 N–H and O–H groups in total. The number of hydrogen-bond donors (Lipinski definition) is 2. The average Bonchev–Trinajstić information content (AvgIpc) is 3.55. The monoisotopic (exact) mass is 508 g/mol. The Balaban J connectivity index is 1.26. The fourth-order valence-corrected chi connectivity index (χ4v) is 5.21. The minimum Gasteiger partial charge on any atom is -0.347 e. The topological polar surface area (TPSA) is 137 Å². The molecular weight excluding hydrogens is 487 g/mol. The lowest BCUT2D eigenvalue weighted by atomic mass is 10.1. The molecule has 0 fully saturated rings. The lowest BCUT2D eigenvalue weighted by Crippen LogP contribution is -2.29. The Morgan fingerprint density at radius 2 is 1.92 bits per heavy atom. The molecule has 11 nitrogen and oxygen atoms in total. The normalized spacial score (nSPS) is 14.5. The van der Waals surface area contributed by atoms with E-state index in [1.54, 1.807) is 19.1 Å². The van der Waals surface area contributed by atoms with Gasteiger partial charge in [0.25, 0.3) is 11.8 Å². The first-order valence-electron chi connectivity index (χ1n) is 11.1. The number of rotatable bonds is 6. The van der Waals surface area contributed by atoms with Gasteiger partial charge in [-0.3, -0.25) is 9.59 Å². The summed E-state index contributed by atoms with van der Waals surface area (Å²) in [6, 6.07) is 7.55. The molecule has 0 saturated heterocycles. The first kappa shape index (κ1) is 23.5. The molecule has 0 saturated carbocycles. The summed E-state index contributed by atoms with van der Waals surface area (Å²) in [4.78, 5) is 46.6. The summed E-state index contributed by atoms with van der Waals surface area (Å²) in [6.07, 6.45) is 2.61. The summed E-state index contributed by atoms with van der Waals surface area (Å²) in [7, 11) is 1.52. The minimum atomic E-state index is -0.478. The summed E-state index contributed by atoms with van der Waals surface area (Å²) >= 11 is 1.37. The van der Waals surface area contributed by atoms with Gasteiger partial charge in [-0.15, -0.1) is 11.3 Å². The zero-order valence-corrected chi connectivity index (χ0v) is 20.2. The van der Waals surface area contributed by atoms with Crippen molar-refractivity contribution < 1.29 is 14.0 Å². The summed E-state index contributed by atoms with van der Waals surface area (Å²) < 4.78 is 15.8. The molecule has 0 radical (unpaired) electrons. The van der Waals surface area contributed by atoms with Crippen molar-refractivity contribution in [1.82, 2.24) is 40.4 Å². The van der Waals surface area contributed by atoms with Gasteiger partial charge in [-0.2, -0.15) is 9.36 Å². The number of aromatic nitrogens is 6. The van der Waals surface area contributed by atoms with Crippen LogP contribution >= 0.6 is 11.3 Å². The van der Waals surface area contributed by atoms with Crippen molar-refractivity contribution in [3.8, 4) is 5.00 Å². The molecule has 2 amide bonds. The Hall–Kier alpha value is -4.26. The van der Waals surface area contributed by atoms with Crippen LogP contribution in [0.4, 0.5) is 4.39 Å². The first-order chi connectivity index (χ1) is 17.3.